The molecule has 0 bridgehead atoms. The van der Waals surface area contributed by atoms with E-state index in [-0.39, 0.29) is 42.5 Å². The molecule has 1 aliphatic heterocycles. The molecular weight excluding hydrogens is 528 g/mol. The number of morpholine rings is 1. The summed E-state index contributed by atoms with van der Waals surface area (Å²) in [5, 5.41) is 12.4. The molecule has 2 aromatic carbocycles. The summed E-state index contributed by atoms with van der Waals surface area (Å²) in [6, 6.07) is 13.8. The van der Waals surface area contributed by atoms with Crippen LogP contribution < -0.4 is 5.32 Å². The van der Waals surface area contributed by atoms with Crippen LogP contribution in [0.25, 0.3) is 0 Å². The van der Waals surface area contributed by atoms with E-state index in [9.17, 15) is 13.2 Å². The summed E-state index contributed by atoms with van der Waals surface area (Å²) in [7, 11) is -3.73. The van der Waals surface area contributed by atoms with Crippen LogP contribution in [0.3, 0.4) is 0 Å². The van der Waals surface area contributed by atoms with E-state index in [1.807, 2.05) is 38.1 Å². The Hall–Kier alpha value is -2.02. The molecule has 2 unspecified atom stereocenters. The number of rotatable bonds is 9. The number of nitrogens with zero attached hydrogens (tertiary/aromatic N) is 3. The SMILES string of the molecule is CC1CN(S(=O)(=O)c2cccc(C(=O)CNc3nnc(SCc4ccc(Cl)cc4)s3)c2)CC(C)O1. The highest BCUT2D eigenvalue weighted by Gasteiger charge is 2.32. The first-order valence-corrected chi connectivity index (χ1v) is 14.6. The average molecular weight is 553 g/mol. The first-order valence-electron chi connectivity index (χ1n) is 10.9. The molecule has 3 aromatic rings. The summed E-state index contributed by atoms with van der Waals surface area (Å²) < 4.78 is 34.1. The van der Waals surface area contributed by atoms with Crippen LogP contribution in [0.2, 0.25) is 5.02 Å². The van der Waals surface area contributed by atoms with Gasteiger partial charge in [0.25, 0.3) is 0 Å². The lowest BCUT2D eigenvalue weighted by molar-refractivity contribution is -0.0440. The molecule has 1 aliphatic rings. The molecule has 1 fully saturated rings. The molecule has 2 heterocycles. The van der Waals surface area contributed by atoms with Crippen LogP contribution in [-0.2, 0) is 20.5 Å². The largest absolute Gasteiger partial charge is 0.373 e. The third-order valence-electron chi connectivity index (χ3n) is 5.26. The lowest BCUT2D eigenvalue weighted by atomic mass is 10.1. The van der Waals surface area contributed by atoms with Crippen molar-refractivity contribution in [2.75, 3.05) is 25.0 Å². The minimum atomic E-state index is -3.73. The third kappa shape index (κ3) is 6.81. The monoisotopic (exact) mass is 552 g/mol. The minimum absolute atomic E-state index is 0.0222. The van der Waals surface area contributed by atoms with Gasteiger partial charge in [-0.2, -0.15) is 4.31 Å². The van der Waals surface area contributed by atoms with Gasteiger partial charge in [0.2, 0.25) is 15.2 Å². The van der Waals surface area contributed by atoms with E-state index >= 15 is 0 Å². The van der Waals surface area contributed by atoms with Gasteiger partial charge in [-0.3, -0.25) is 4.79 Å². The number of thioether (sulfide) groups is 1. The maximum absolute atomic E-state index is 13.1. The first-order chi connectivity index (χ1) is 16.7. The molecule has 0 aliphatic carbocycles. The highest BCUT2D eigenvalue weighted by molar-refractivity contribution is 8.00. The molecule has 0 saturated carbocycles. The van der Waals surface area contributed by atoms with Crippen molar-refractivity contribution in [3.63, 3.8) is 0 Å². The number of anilines is 1. The minimum Gasteiger partial charge on any atom is -0.373 e. The molecule has 35 heavy (non-hydrogen) atoms. The van der Waals surface area contributed by atoms with Gasteiger partial charge in [-0.05, 0) is 43.7 Å². The highest BCUT2D eigenvalue weighted by Crippen LogP contribution is 2.29. The average Bonchev–Trinajstić information content (AvgIpc) is 3.29. The van der Waals surface area contributed by atoms with Crippen LogP contribution in [0, 0.1) is 0 Å². The predicted molar refractivity (Wildman–Crippen MR) is 139 cm³/mol. The Balaban J connectivity index is 1.35. The number of ether oxygens (including phenoxy) is 1. The second-order valence-corrected chi connectivity index (χ2v) is 12.7. The Morgan fingerprint density at radius 1 is 1.17 bits per heavy atom. The quantitative estimate of drug-likeness (QED) is 0.304. The Bertz CT molecular complexity index is 1270. The van der Waals surface area contributed by atoms with Gasteiger partial charge < -0.3 is 10.1 Å². The van der Waals surface area contributed by atoms with Gasteiger partial charge in [-0.15, -0.1) is 10.2 Å². The topological polar surface area (TPSA) is 101 Å². The molecule has 8 nitrogen and oxygen atoms in total. The maximum atomic E-state index is 13.1. The number of benzene rings is 2. The Labute approximate surface area is 218 Å². The van der Waals surface area contributed by atoms with E-state index in [1.165, 1.54) is 27.8 Å². The van der Waals surface area contributed by atoms with Crippen LogP contribution in [0.4, 0.5) is 5.13 Å². The number of ketones is 1. The van der Waals surface area contributed by atoms with Crippen molar-refractivity contribution >= 4 is 55.6 Å². The van der Waals surface area contributed by atoms with Crippen LogP contribution in [0.15, 0.2) is 57.8 Å². The summed E-state index contributed by atoms with van der Waals surface area (Å²) in [5.74, 6) is 0.489. The first kappa shape index (κ1) is 26.1. The maximum Gasteiger partial charge on any atom is 0.243 e. The standard InChI is InChI=1S/C23H25ClN4O4S3/c1-15-12-28(13-16(2)32-15)35(30,31)20-5-3-4-18(10-20)21(29)11-25-22-26-27-23(34-22)33-14-17-6-8-19(24)9-7-17/h3-10,15-16H,11-14H2,1-2H3,(H,25,26). The molecule has 186 valence electrons. The highest BCUT2D eigenvalue weighted by atomic mass is 35.5. The smallest absolute Gasteiger partial charge is 0.243 e. The summed E-state index contributed by atoms with van der Waals surface area (Å²) >= 11 is 8.82. The summed E-state index contributed by atoms with van der Waals surface area (Å²) in [4.78, 5) is 12.9. The second kappa shape index (κ2) is 11.4. The third-order valence-corrected chi connectivity index (χ3v) is 9.43. The van der Waals surface area contributed by atoms with Gasteiger partial charge in [-0.25, -0.2) is 8.42 Å². The molecule has 1 saturated heterocycles. The number of halogens is 1. The second-order valence-electron chi connectivity index (χ2n) is 8.17. The lowest BCUT2D eigenvalue weighted by Gasteiger charge is -2.34. The van der Waals surface area contributed by atoms with E-state index in [1.54, 1.807) is 23.9 Å². The van der Waals surface area contributed by atoms with E-state index in [2.05, 4.69) is 15.5 Å². The van der Waals surface area contributed by atoms with Crippen molar-refractivity contribution in [1.82, 2.24) is 14.5 Å². The molecule has 12 heteroatoms. The van der Waals surface area contributed by atoms with Gasteiger partial charge in [0.15, 0.2) is 10.1 Å². The van der Waals surface area contributed by atoms with Crippen molar-refractivity contribution in [3.8, 4) is 0 Å². The van der Waals surface area contributed by atoms with Crippen molar-refractivity contribution in [3.05, 3.63) is 64.7 Å². The van der Waals surface area contributed by atoms with Gasteiger partial charge in [0, 0.05) is 29.4 Å². The molecule has 0 radical (unpaired) electrons. The molecule has 1 N–H and O–H groups in total. The number of hydrogen-bond donors (Lipinski definition) is 1. The molecule has 1 aromatic heterocycles. The molecule has 2 atom stereocenters. The van der Waals surface area contributed by atoms with Crippen molar-refractivity contribution in [1.29, 1.82) is 0 Å². The number of carbonyl (C=O) groups excluding carboxylic acids is 1. The van der Waals surface area contributed by atoms with E-state index in [0.717, 1.165) is 15.7 Å². The normalized spacial score (nSPS) is 18.9. The number of Topliss-reactive ketones (excluding diaryl/α,β-unsaturated/α-hetero) is 1. The summed E-state index contributed by atoms with van der Waals surface area (Å²) in [5.41, 5.74) is 1.44. The summed E-state index contributed by atoms with van der Waals surface area (Å²) in [6.07, 6.45) is -0.382. The Morgan fingerprint density at radius 3 is 2.60 bits per heavy atom. The van der Waals surface area contributed by atoms with Gasteiger partial charge in [-0.1, -0.05) is 59.0 Å². The van der Waals surface area contributed by atoms with Crippen molar-refractivity contribution in [2.24, 2.45) is 0 Å². The van der Waals surface area contributed by atoms with Crippen LogP contribution >= 0.6 is 34.7 Å². The van der Waals surface area contributed by atoms with Crippen molar-refractivity contribution in [2.45, 2.75) is 41.0 Å². The van der Waals surface area contributed by atoms with E-state index < -0.39 is 10.0 Å². The van der Waals surface area contributed by atoms with Crippen LogP contribution in [-0.4, -0.2) is 60.5 Å². The van der Waals surface area contributed by atoms with Gasteiger partial charge in [0.1, 0.15) is 0 Å². The Kier molecular flexibility index (Phi) is 8.46. The van der Waals surface area contributed by atoms with Crippen LogP contribution in [0.1, 0.15) is 29.8 Å². The number of sulfonamides is 1. The summed E-state index contributed by atoms with van der Waals surface area (Å²) in [6.45, 7) is 4.23. The zero-order valence-corrected chi connectivity index (χ0v) is 22.4. The van der Waals surface area contributed by atoms with E-state index in [4.69, 9.17) is 16.3 Å². The number of carbonyl (C=O) groups is 1. The molecule has 4 rings (SSSR count). The fourth-order valence-electron chi connectivity index (χ4n) is 3.63. The number of nitrogens with one attached hydrogen (secondary N) is 1. The molecule has 0 amide bonds. The zero-order valence-electron chi connectivity index (χ0n) is 19.2. The fourth-order valence-corrected chi connectivity index (χ4v) is 7.10. The zero-order chi connectivity index (χ0) is 25.0. The van der Waals surface area contributed by atoms with Gasteiger partial charge in [0.05, 0.1) is 23.6 Å². The lowest BCUT2D eigenvalue weighted by Crippen LogP contribution is -2.48. The van der Waals surface area contributed by atoms with Crippen molar-refractivity contribution < 1.29 is 17.9 Å². The number of aromatic nitrogens is 2. The predicted octanol–water partition coefficient (Wildman–Crippen LogP) is 4.58. The van der Waals surface area contributed by atoms with E-state index in [0.29, 0.717) is 15.7 Å². The molecule has 0 spiro atoms. The Morgan fingerprint density at radius 2 is 1.89 bits per heavy atom. The number of hydrogen-bond acceptors (Lipinski definition) is 9. The van der Waals surface area contributed by atoms with Gasteiger partial charge >= 0.3 is 0 Å². The fraction of sp³-hybridized carbons (Fsp3) is 0.348. The molecular formula is C23H25ClN4O4S3. The van der Waals surface area contributed by atoms with Crippen LogP contribution in [0.5, 0.6) is 0 Å².